The molecule has 0 spiro atoms. The lowest BCUT2D eigenvalue weighted by Crippen LogP contribution is -2.52. The highest BCUT2D eigenvalue weighted by Crippen LogP contribution is 2.30. The van der Waals surface area contributed by atoms with Crippen molar-refractivity contribution in [3.8, 4) is 0 Å². The summed E-state index contributed by atoms with van der Waals surface area (Å²) in [6.07, 6.45) is 58.3. The highest BCUT2D eigenvalue weighted by atomic mass is 16.4. The minimum Gasteiger partial charge on any atom is -0.390 e. The molecule has 0 bridgehead atoms. The van der Waals surface area contributed by atoms with E-state index in [-0.39, 0.29) is 0 Å². The molecule has 0 aromatic carbocycles. The Morgan fingerprint density at radius 2 is 0.411 bits per heavy atom. The minimum atomic E-state index is -1.36. The number of unbranched alkanes of at least 4 members (excludes halogenated alkanes) is 41. The predicted molar refractivity (Wildman–Crippen MR) is 251 cm³/mol. The van der Waals surface area contributed by atoms with E-state index >= 15 is 0 Å². The molecule has 0 aromatic rings. The van der Waals surface area contributed by atoms with Crippen molar-refractivity contribution in [3.63, 3.8) is 0 Å². The molecule has 0 saturated carbocycles. The fourth-order valence-electron chi connectivity index (χ4n) is 9.08. The van der Waals surface area contributed by atoms with Crippen molar-refractivity contribution in [1.29, 1.82) is 0 Å². The maximum atomic E-state index is 11.9. The van der Waals surface area contributed by atoms with E-state index in [1.807, 2.05) is 0 Å². The maximum absolute atomic E-state index is 11.9. The van der Waals surface area contributed by atoms with E-state index in [2.05, 4.69) is 20.8 Å². The van der Waals surface area contributed by atoms with Crippen LogP contribution in [0.25, 0.3) is 0 Å². The fraction of sp³-hybridized carbons (Fsp3) is 1.00. The van der Waals surface area contributed by atoms with E-state index < -0.39 is 17.8 Å². The number of aliphatic hydroxyl groups is 3. The predicted octanol–water partition coefficient (Wildman–Crippen LogP) is 17.8. The molecular formula is C53H108O3. The van der Waals surface area contributed by atoms with Crippen molar-refractivity contribution in [2.75, 3.05) is 0 Å². The van der Waals surface area contributed by atoms with Crippen molar-refractivity contribution in [2.45, 2.75) is 340 Å². The molecule has 0 aliphatic heterocycles. The Morgan fingerprint density at radius 1 is 0.250 bits per heavy atom. The Hall–Kier alpha value is -0.120. The second-order valence-corrected chi connectivity index (χ2v) is 18.8. The normalized spacial score (nSPS) is 14.0. The standard InChI is InChI=1S/C53H108O3/c1-4-7-10-13-16-19-22-25-28-29-32-35-38-41-44-47-50-53(56,51(54)48-45-42-39-36-33-30-26-23-20-17-14-11-8-5-2)52(55)49-46-43-40-37-34-31-27-24-21-18-15-12-9-6-3/h51-52,54-56H,4-50H2,1-3H3. The van der Waals surface area contributed by atoms with Gasteiger partial charge in [-0.2, -0.15) is 0 Å². The van der Waals surface area contributed by atoms with Crippen LogP contribution in [-0.4, -0.2) is 33.1 Å². The monoisotopic (exact) mass is 793 g/mol. The van der Waals surface area contributed by atoms with Gasteiger partial charge < -0.3 is 15.3 Å². The minimum absolute atomic E-state index is 0.533. The Balaban J connectivity index is 4.34. The van der Waals surface area contributed by atoms with Crippen molar-refractivity contribution < 1.29 is 15.3 Å². The highest BCUT2D eigenvalue weighted by molar-refractivity contribution is 4.93. The molecule has 0 fully saturated rings. The zero-order valence-corrected chi connectivity index (χ0v) is 39.2. The first kappa shape index (κ1) is 55.9. The molecule has 3 heteroatoms. The third kappa shape index (κ3) is 38.1. The SMILES string of the molecule is CCCCCCCCCCCCCCCCCCC(O)(C(O)CCCCCCCCCCCCCCCC)C(O)CCCCCCCCCCCCCCCC. The second kappa shape index (κ2) is 46.0. The Bertz CT molecular complexity index is 671. The van der Waals surface area contributed by atoms with Crippen LogP contribution in [0, 0.1) is 0 Å². The molecule has 2 atom stereocenters. The summed E-state index contributed by atoms with van der Waals surface area (Å²) in [5, 5.41) is 34.6. The van der Waals surface area contributed by atoms with Crippen LogP contribution < -0.4 is 0 Å². The first-order valence-electron chi connectivity index (χ1n) is 26.6. The fourth-order valence-corrected chi connectivity index (χ4v) is 9.08. The molecule has 2 unspecified atom stereocenters. The summed E-state index contributed by atoms with van der Waals surface area (Å²) >= 11 is 0. The molecule has 0 rings (SSSR count). The van der Waals surface area contributed by atoms with E-state index in [0.29, 0.717) is 19.3 Å². The molecule has 3 N–H and O–H groups in total. The van der Waals surface area contributed by atoms with Crippen LogP contribution >= 0.6 is 0 Å². The second-order valence-electron chi connectivity index (χ2n) is 18.8. The lowest BCUT2D eigenvalue weighted by atomic mass is 9.80. The zero-order valence-electron chi connectivity index (χ0n) is 39.2. The van der Waals surface area contributed by atoms with Crippen LogP contribution in [0.5, 0.6) is 0 Å². The molecule has 0 heterocycles. The van der Waals surface area contributed by atoms with Gasteiger partial charge in [-0.15, -0.1) is 0 Å². The molecule has 56 heavy (non-hydrogen) atoms. The van der Waals surface area contributed by atoms with Crippen LogP contribution in [0.1, 0.15) is 323 Å². The molecular weight excluding hydrogens is 685 g/mol. The van der Waals surface area contributed by atoms with Gasteiger partial charge in [0.15, 0.2) is 0 Å². The van der Waals surface area contributed by atoms with Crippen molar-refractivity contribution in [2.24, 2.45) is 0 Å². The van der Waals surface area contributed by atoms with Gasteiger partial charge in [0.1, 0.15) is 5.60 Å². The number of hydrogen-bond acceptors (Lipinski definition) is 3. The summed E-state index contributed by atoms with van der Waals surface area (Å²) in [5.41, 5.74) is -1.36. The summed E-state index contributed by atoms with van der Waals surface area (Å²) in [7, 11) is 0. The molecule has 0 aliphatic carbocycles. The van der Waals surface area contributed by atoms with Crippen LogP contribution in [0.3, 0.4) is 0 Å². The van der Waals surface area contributed by atoms with Gasteiger partial charge in [-0.3, -0.25) is 0 Å². The average molecular weight is 793 g/mol. The number of aliphatic hydroxyl groups excluding tert-OH is 2. The van der Waals surface area contributed by atoms with Gasteiger partial charge in [-0.1, -0.05) is 303 Å². The van der Waals surface area contributed by atoms with Crippen LogP contribution in [-0.2, 0) is 0 Å². The largest absolute Gasteiger partial charge is 0.390 e. The molecule has 0 amide bonds. The van der Waals surface area contributed by atoms with Gasteiger partial charge in [0.2, 0.25) is 0 Å². The molecule has 0 aromatic heterocycles. The Morgan fingerprint density at radius 3 is 0.607 bits per heavy atom. The maximum Gasteiger partial charge on any atom is 0.116 e. The number of hydrogen-bond donors (Lipinski definition) is 3. The summed E-state index contributed by atoms with van der Waals surface area (Å²) in [5.74, 6) is 0. The molecule has 0 radical (unpaired) electrons. The molecule has 0 saturated heterocycles. The number of rotatable bonds is 49. The van der Waals surface area contributed by atoms with E-state index in [4.69, 9.17) is 0 Å². The third-order valence-electron chi connectivity index (χ3n) is 13.2. The van der Waals surface area contributed by atoms with E-state index in [1.54, 1.807) is 0 Å². The summed E-state index contributed by atoms with van der Waals surface area (Å²) in [6.45, 7) is 6.87. The van der Waals surface area contributed by atoms with Gasteiger partial charge in [0, 0.05) is 0 Å². The van der Waals surface area contributed by atoms with Crippen LogP contribution in [0.4, 0.5) is 0 Å². The topological polar surface area (TPSA) is 60.7 Å². The van der Waals surface area contributed by atoms with Crippen molar-refractivity contribution >= 4 is 0 Å². The first-order valence-corrected chi connectivity index (χ1v) is 26.6. The Kier molecular flexibility index (Phi) is 45.9. The van der Waals surface area contributed by atoms with Gasteiger partial charge in [-0.05, 0) is 19.3 Å². The summed E-state index contributed by atoms with van der Waals surface area (Å²) in [6, 6.07) is 0. The Labute approximate surface area is 354 Å². The van der Waals surface area contributed by atoms with E-state index in [0.717, 1.165) is 38.5 Å². The van der Waals surface area contributed by atoms with Gasteiger partial charge in [-0.25, -0.2) is 0 Å². The van der Waals surface area contributed by atoms with Crippen molar-refractivity contribution in [1.82, 2.24) is 0 Å². The lowest BCUT2D eigenvalue weighted by molar-refractivity contribution is -0.156. The lowest BCUT2D eigenvalue weighted by Gasteiger charge is -2.38. The van der Waals surface area contributed by atoms with Crippen molar-refractivity contribution in [3.05, 3.63) is 0 Å². The van der Waals surface area contributed by atoms with Gasteiger partial charge in [0.05, 0.1) is 12.2 Å². The van der Waals surface area contributed by atoms with Crippen LogP contribution in [0.2, 0.25) is 0 Å². The van der Waals surface area contributed by atoms with Gasteiger partial charge >= 0.3 is 0 Å². The first-order chi connectivity index (χ1) is 27.5. The molecule has 0 aliphatic rings. The quantitative estimate of drug-likeness (QED) is 0.0538. The molecule has 3 nitrogen and oxygen atoms in total. The van der Waals surface area contributed by atoms with E-state index in [9.17, 15) is 15.3 Å². The van der Waals surface area contributed by atoms with Crippen LogP contribution in [0.15, 0.2) is 0 Å². The zero-order chi connectivity index (χ0) is 40.9. The average Bonchev–Trinajstić information content (AvgIpc) is 3.20. The van der Waals surface area contributed by atoms with E-state index in [1.165, 1.54) is 244 Å². The summed E-state index contributed by atoms with van der Waals surface area (Å²) in [4.78, 5) is 0. The van der Waals surface area contributed by atoms with Gasteiger partial charge in [0.25, 0.3) is 0 Å². The highest BCUT2D eigenvalue weighted by Gasteiger charge is 2.41. The molecule has 338 valence electrons. The summed E-state index contributed by atoms with van der Waals surface area (Å²) < 4.78 is 0. The smallest absolute Gasteiger partial charge is 0.116 e. The third-order valence-corrected chi connectivity index (χ3v) is 13.2.